The van der Waals surface area contributed by atoms with Crippen LogP contribution in [0.1, 0.15) is 36.0 Å². The molecular weight excluding hydrogens is 448 g/mol. The molecule has 10 heteroatoms. The van der Waals surface area contributed by atoms with Gasteiger partial charge in [-0.25, -0.2) is 0 Å². The zero-order chi connectivity index (χ0) is 23.2. The lowest BCUT2D eigenvalue weighted by Crippen LogP contribution is -2.47. The van der Waals surface area contributed by atoms with Gasteiger partial charge < -0.3 is 24.8 Å². The Morgan fingerprint density at radius 1 is 1.24 bits per heavy atom. The number of carbonyl (C=O) groups excluding carboxylic acids is 1. The number of H-pyrrole nitrogens is 1. The van der Waals surface area contributed by atoms with Crippen LogP contribution in [0.3, 0.4) is 0 Å². The summed E-state index contributed by atoms with van der Waals surface area (Å²) in [6, 6.07) is 4.77. The molecule has 0 aliphatic carbocycles. The Morgan fingerprint density at radius 3 is 2.85 bits per heavy atom. The second kappa shape index (κ2) is 11.1. The zero-order valence-corrected chi connectivity index (χ0v) is 19.4. The largest absolute Gasteiger partial charge is 0.489 e. The van der Waals surface area contributed by atoms with Crippen LogP contribution in [0, 0.1) is 5.92 Å². The van der Waals surface area contributed by atoms with Crippen LogP contribution in [0.25, 0.3) is 0 Å². The molecule has 2 atom stereocenters. The number of β-amino-alcohol motifs (C(OH)–C–C–N with tert-alkyl or cyclic N) is 1. The van der Waals surface area contributed by atoms with Gasteiger partial charge in [0, 0.05) is 55.3 Å². The quantitative estimate of drug-likeness (QED) is 0.500. The van der Waals surface area contributed by atoms with Crippen LogP contribution in [0.4, 0.5) is 0 Å². The molecule has 4 rings (SSSR count). The predicted molar refractivity (Wildman–Crippen MR) is 124 cm³/mol. The second-order valence-corrected chi connectivity index (χ2v) is 9.09. The van der Waals surface area contributed by atoms with E-state index in [1.54, 1.807) is 23.0 Å². The SMILES string of the molecule is O=C(NCC1CCN(CCCCn2ccc(=O)[nH]2)CC1O)c1cc(Cl)cc2c1OCCCO2. The van der Waals surface area contributed by atoms with E-state index in [0.29, 0.717) is 48.4 Å². The highest BCUT2D eigenvalue weighted by atomic mass is 35.5. The summed E-state index contributed by atoms with van der Waals surface area (Å²) in [6.45, 7) is 4.52. The molecule has 180 valence electrons. The Kier molecular flexibility index (Phi) is 7.95. The van der Waals surface area contributed by atoms with Crippen LogP contribution in [0.2, 0.25) is 5.02 Å². The van der Waals surface area contributed by atoms with Crippen molar-refractivity contribution in [2.75, 3.05) is 39.4 Å². The van der Waals surface area contributed by atoms with Crippen molar-refractivity contribution in [1.29, 1.82) is 0 Å². The van der Waals surface area contributed by atoms with E-state index in [4.69, 9.17) is 21.1 Å². The number of hydrogen-bond acceptors (Lipinski definition) is 6. The average molecular weight is 479 g/mol. The summed E-state index contributed by atoms with van der Waals surface area (Å²) in [4.78, 5) is 26.3. The standard InChI is InChI=1S/C23H31ClN4O5/c24-17-12-18(22-20(13-17)32-10-3-11-33-22)23(31)25-14-16-4-8-27(15-19(16)29)6-1-2-7-28-9-5-21(30)26-28/h5,9,12-13,16,19,29H,1-4,6-8,10-11,14-15H2,(H,25,31)(H,26,30). The molecule has 2 aromatic rings. The third-order valence-corrected chi connectivity index (χ3v) is 6.39. The third kappa shape index (κ3) is 6.31. The number of carbonyl (C=O) groups is 1. The molecule has 3 N–H and O–H groups in total. The topological polar surface area (TPSA) is 109 Å². The Labute approximate surface area is 197 Å². The summed E-state index contributed by atoms with van der Waals surface area (Å²) in [5.41, 5.74) is 0.272. The molecule has 0 radical (unpaired) electrons. The van der Waals surface area contributed by atoms with Crippen molar-refractivity contribution < 1.29 is 19.4 Å². The molecule has 0 spiro atoms. The predicted octanol–water partition coefficient (Wildman–Crippen LogP) is 1.88. The second-order valence-electron chi connectivity index (χ2n) is 8.65. The first kappa shape index (κ1) is 23.7. The molecule has 3 heterocycles. The van der Waals surface area contributed by atoms with Crippen molar-refractivity contribution >= 4 is 17.5 Å². The maximum atomic E-state index is 12.9. The van der Waals surface area contributed by atoms with Crippen molar-refractivity contribution in [3.63, 3.8) is 0 Å². The van der Waals surface area contributed by atoms with Crippen molar-refractivity contribution in [3.05, 3.63) is 45.3 Å². The number of rotatable bonds is 8. The van der Waals surface area contributed by atoms with Gasteiger partial charge in [0.15, 0.2) is 11.5 Å². The lowest BCUT2D eigenvalue weighted by Gasteiger charge is -2.36. The molecule has 0 saturated carbocycles. The first-order chi connectivity index (χ1) is 16.0. The molecule has 1 amide bonds. The van der Waals surface area contributed by atoms with Gasteiger partial charge in [-0.3, -0.25) is 19.4 Å². The Hall–Kier alpha value is -2.49. The summed E-state index contributed by atoms with van der Waals surface area (Å²) in [5.74, 6) is 0.623. The van der Waals surface area contributed by atoms with Gasteiger partial charge in [-0.1, -0.05) is 11.6 Å². The molecule has 2 unspecified atom stereocenters. The van der Waals surface area contributed by atoms with Gasteiger partial charge in [0.1, 0.15) is 0 Å². The molecule has 2 aliphatic rings. The molecule has 2 aliphatic heterocycles. The van der Waals surface area contributed by atoms with Gasteiger partial charge >= 0.3 is 0 Å². The number of aryl methyl sites for hydroxylation is 1. The minimum atomic E-state index is -0.504. The summed E-state index contributed by atoms with van der Waals surface area (Å²) >= 11 is 6.18. The average Bonchev–Trinajstić information content (AvgIpc) is 3.06. The highest BCUT2D eigenvalue weighted by molar-refractivity contribution is 6.31. The fourth-order valence-electron chi connectivity index (χ4n) is 4.34. The number of benzene rings is 1. The van der Waals surface area contributed by atoms with Gasteiger partial charge in [-0.2, -0.15) is 0 Å². The van der Waals surface area contributed by atoms with Crippen molar-refractivity contribution in [2.45, 2.75) is 38.3 Å². The van der Waals surface area contributed by atoms with Crippen LogP contribution in [-0.2, 0) is 6.54 Å². The molecular formula is C23H31ClN4O5. The lowest BCUT2D eigenvalue weighted by molar-refractivity contribution is 0.0215. The normalized spacial score (nSPS) is 20.9. The monoisotopic (exact) mass is 478 g/mol. The van der Waals surface area contributed by atoms with E-state index in [9.17, 15) is 14.7 Å². The third-order valence-electron chi connectivity index (χ3n) is 6.17. The van der Waals surface area contributed by atoms with Gasteiger partial charge in [-0.05, 0) is 38.4 Å². The molecule has 1 fully saturated rings. The van der Waals surface area contributed by atoms with Gasteiger partial charge in [0.25, 0.3) is 11.5 Å². The van der Waals surface area contributed by atoms with Crippen LogP contribution in [-0.4, -0.2) is 71.2 Å². The van der Waals surface area contributed by atoms with E-state index < -0.39 is 6.10 Å². The number of aliphatic hydroxyl groups is 1. The fourth-order valence-corrected chi connectivity index (χ4v) is 4.54. The van der Waals surface area contributed by atoms with Crippen LogP contribution in [0.15, 0.2) is 29.2 Å². The van der Waals surface area contributed by atoms with Crippen LogP contribution < -0.4 is 20.3 Å². The number of aromatic amines is 1. The molecule has 1 aromatic heterocycles. The van der Waals surface area contributed by atoms with Gasteiger partial charge in [-0.15, -0.1) is 0 Å². The lowest BCUT2D eigenvalue weighted by atomic mass is 9.93. The van der Waals surface area contributed by atoms with Crippen molar-refractivity contribution in [1.82, 2.24) is 20.0 Å². The zero-order valence-electron chi connectivity index (χ0n) is 18.6. The summed E-state index contributed by atoms with van der Waals surface area (Å²) in [5, 5.41) is 16.7. The minimum absolute atomic E-state index is 0.00916. The maximum absolute atomic E-state index is 12.9. The number of ether oxygens (including phenoxy) is 2. The number of fused-ring (bicyclic) bond motifs is 1. The number of nitrogens with one attached hydrogen (secondary N) is 2. The molecule has 0 bridgehead atoms. The number of aromatic nitrogens is 2. The van der Waals surface area contributed by atoms with Crippen molar-refractivity contribution in [2.24, 2.45) is 5.92 Å². The Morgan fingerprint density at radius 2 is 2.06 bits per heavy atom. The number of amides is 1. The van der Waals surface area contributed by atoms with E-state index in [0.717, 1.165) is 45.3 Å². The number of nitrogens with zero attached hydrogens (tertiary/aromatic N) is 2. The first-order valence-corrected chi connectivity index (χ1v) is 11.9. The highest BCUT2D eigenvalue weighted by Crippen LogP contribution is 2.36. The van der Waals surface area contributed by atoms with E-state index in [1.165, 1.54) is 6.07 Å². The number of hydrogen-bond donors (Lipinski definition) is 3. The summed E-state index contributed by atoms with van der Waals surface area (Å²) in [7, 11) is 0. The number of piperidine rings is 1. The summed E-state index contributed by atoms with van der Waals surface area (Å²) < 4.78 is 13.2. The van der Waals surface area contributed by atoms with Gasteiger partial charge in [0.2, 0.25) is 0 Å². The number of unbranched alkanes of at least 4 members (excludes halogenated alkanes) is 1. The highest BCUT2D eigenvalue weighted by Gasteiger charge is 2.28. The Bertz CT molecular complexity index is 1010. The van der Waals surface area contributed by atoms with Crippen molar-refractivity contribution in [3.8, 4) is 11.5 Å². The van der Waals surface area contributed by atoms with Gasteiger partial charge in [0.05, 0.1) is 24.9 Å². The van der Waals surface area contributed by atoms with Crippen LogP contribution in [0.5, 0.6) is 11.5 Å². The van der Waals surface area contributed by atoms with E-state index in [2.05, 4.69) is 15.3 Å². The molecule has 9 nitrogen and oxygen atoms in total. The summed E-state index contributed by atoms with van der Waals surface area (Å²) in [6.07, 6.45) is 4.73. The number of likely N-dealkylation sites (tertiary alicyclic amines) is 1. The van der Waals surface area contributed by atoms with E-state index in [-0.39, 0.29) is 17.4 Å². The van der Waals surface area contributed by atoms with E-state index >= 15 is 0 Å². The van der Waals surface area contributed by atoms with E-state index in [1.807, 2.05) is 0 Å². The molecule has 1 aromatic carbocycles. The molecule has 1 saturated heterocycles. The fraction of sp³-hybridized carbons (Fsp3) is 0.565. The van der Waals surface area contributed by atoms with Crippen LogP contribution >= 0.6 is 11.6 Å². The molecule has 33 heavy (non-hydrogen) atoms. The maximum Gasteiger partial charge on any atom is 0.264 e. The number of halogens is 1. The minimum Gasteiger partial charge on any atom is -0.489 e. The number of aliphatic hydroxyl groups excluding tert-OH is 1. The smallest absolute Gasteiger partial charge is 0.264 e. The first-order valence-electron chi connectivity index (χ1n) is 11.5. The Balaban J connectivity index is 1.23.